The van der Waals surface area contributed by atoms with E-state index in [2.05, 4.69) is 0 Å². The molecule has 2 nitrogen and oxygen atoms in total. The van der Waals surface area contributed by atoms with Crippen LogP contribution in [-0.4, -0.2) is 4.57 Å². The number of hydrogen-bond donors (Lipinski definition) is 0. The highest BCUT2D eigenvalue weighted by atomic mass is 32.1. The van der Waals surface area contributed by atoms with Crippen LogP contribution in [0, 0.1) is 6.92 Å². The first-order valence-corrected chi connectivity index (χ1v) is 4.62. The van der Waals surface area contributed by atoms with E-state index in [4.69, 9.17) is 0 Å². The molecule has 0 bridgehead atoms. The molecular formula is C9H9NOS. The van der Waals surface area contributed by atoms with Gasteiger partial charge in [0.25, 0.3) is 0 Å². The van der Waals surface area contributed by atoms with Crippen molar-refractivity contribution in [3.63, 3.8) is 0 Å². The Morgan fingerprint density at radius 2 is 2.25 bits per heavy atom. The standard InChI is InChI=1S/C9H9NOS/c1-6-5-8(11)9-7(10(6)2)3-4-12-9/h3-5H,1-2H3. The van der Waals surface area contributed by atoms with Crippen molar-refractivity contribution in [2.75, 3.05) is 0 Å². The Kier molecular flexibility index (Phi) is 1.54. The molecule has 0 unspecified atom stereocenters. The average molecular weight is 179 g/mol. The second kappa shape index (κ2) is 2.45. The van der Waals surface area contributed by atoms with Crippen LogP contribution >= 0.6 is 11.3 Å². The van der Waals surface area contributed by atoms with E-state index in [1.165, 1.54) is 11.3 Å². The van der Waals surface area contributed by atoms with Gasteiger partial charge in [0, 0.05) is 18.8 Å². The van der Waals surface area contributed by atoms with Crippen LogP contribution in [0.25, 0.3) is 10.2 Å². The molecule has 62 valence electrons. The van der Waals surface area contributed by atoms with Crippen LogP contribution in [0.15, 0.2) is 22.3 Å². The summed E-state index contributed by atoms with van der Waals surface area (Å²) >= 11 is 1.50. The van der Waals surface area contributed by atoms with Crippen molar-refractivity contribution in [1.29, 1.82) is 0 Å². The molecule has 0 aliphatic rings. The molecule has 3 heteroatoms. The maximum Gasteiger partial charge on any atom is 0.199 e. The molecule has 12 heavy (non-hydrogen) atoms. The summed E-state index contributed by atoms with van der Waals surface area (Å²) in [6.45, 7) is 1.94. The van der Waals surface area contributed by atoms with E-state index in [-0.39, 0.29) is 5.43 Å². The molecule has 2 aromatic heterocycles. The summed E-state index contributed by atoms with van der Waals surface area (Å²) in [6.07, 6.45) is 0. The van der Waals surface area contributed by atoms with Crippen LogP contribution in [0.1, 0.15) is 5.69 Å². The average Bonchev–Trinajstić information content (AvgIpc) is 2.48. The predicted octanol–water partition coefficient (Wildman–Crippen LogP) is 1.91. The Balaban J connectivity index is 3.07. The smallest absolute Gasteiger partial charge is 0.199 e. The molecule has 0 radical (unpaired) electrons. The van der Waals surface area contributed by atoms with Crippen molar-refractivity contribution < 1.29 is 0 Å². The van der Waals surface area contributed by atoms with E-state index < -0.39 is 0 Å². The SMILES string of the molecule is Cc1cc(=O)c2sccc2n1C. The van der Waals surface area contributed by atoms with E-state index in [0.29, 0.717) is 0 Å². The van der Waals surface area contributed by atoms with Gasteiger partial charge in [0.1, 0.15) is 0 Å². The lowest BCUT2D eigenvalue weighted by molar-refractivity contribution is 0.900. The van der Waals surface area contributed by atoms with Gasteiger partial charge in [-0.1, -0.05) is 0 Å². The highest BCUT2D eigenvalue weighted by Gasteiger charge is 2.03. The fraction of sp³-hybridized carbons (Fsp3) is 0.222. The fourth-order valence-corrected chi connectivity index (χ4v) is 2.13. The first-order valence-electron chi connectivity index (χ1n) is 3.74. The molecule has 0 N–H and O–H groups in total. The van der Waals surface area contributed by atoms with Crippen LogP contribution in [0.4, 0.5) is 0 Å². The minimum atomic E-state index is 0.135. The zero-order valence-electron chi connectivity index (χ0n) is 7.00. The lowest BCUT2D eigenvalue weighted by Gasteiger charge is -2.03. The van der Waals surface area contributed by atoms with Gasteiger partial charge >= 0.3 is 0 Å². The molecule has 2 heterocycles. The van der Waals surface area contributed by atoms with Gasteiger partial charge in [0.05, 0.1) is 10.2 Å². The van der Waals surface area contributed by atoms with E-state index in [1.54, 1.807) is 6.07 Å². The first-order chi connectivity index (χ1) is 5.70. The van der Waals surface area contributed by atoms with E-state index in [9.17, 15) is 4.79 Å². The summed E-state index contributed by atoms with van der Waals surface area (Å²) in [5, 5.41) is 1.95. The number of nitrogens with zero attached hydrogens (tertiary/aromatic N) is 1. The maximum atomic E-state index is 11.4. The first kappa shape index (κ1) is 7.55. The highest BCUT2D eigenvalue weighted by molar-refractivity contribution is 7.17. The largest absolute Gasteiger partial charge is 0.347 e. The molecule has 0 spiro atoms. The molecule has 0 amide bonds. The second-order valence-electron chi connectivity index (χ2n) is 2.84. The van der Waals surface area contributed by atoms with Gasteiger partial charge in [0.2, 0.25) is 0 Å². The lowest BCUT2D eigenvalue weighted by atomic mass is 10.3. The topological polar surface area (TPSA) is 22.0 Å². The number of thiophene rings is 1. The second-order valence-corrected chi connectivity index (χ2v) is 3.76. The summed E-state index contributed by atoms with van der Waals surface area (Å²) in [7, 11) is 1.98. The van der Waals surface area contributed by atoms with Crippen LogP contribution in [0.3, 0.4) is 0 Å². The normalized spacial score (nSPS) is 10.8. The van der Waals surface area contributed by atoms with Crippen molar-refractivity contribution in [3.8, 4) is 0 Å². The fourth-order valence-electron chi connectivity index (χ4n) is 1.29. The Bertz CT molecular complexity index is 481. The Hall–Kier alpha value is -1.09. The number of aryl methyl sites for hydroxylation is 2. The van der Waals surface area contributed by atoms with Crippen molar-refractivity contribution in [2.24, 2.45) is 7.05 Å². The summed E-state index contributed by atoms with van der Waals surface area (Å²) in [6, 6.07) is 3.66. The Labute approximate surface area is 74.1 Å². The zero-order valence-corrected chi connectivity index (χ0v) is 7.81. The summed E-state index contributed by atoms with van der Waals surface area (Å²) in [4.78, 5) is 11.4. The van der Waals surface area contributed by atoms with Crippen LogP contribution < -0.4 is 5.43 Å². The predicted molar refractivity (Wildman–Crippen MR) is 51.8 cm³/mol. The van der Waals surface area contributed by atoms with Gasteiger partial charge in [0.15, 0.2) is 5.43 Å². The monoisotopic (exact) mass is 179 g/mol. The van der Waals surface area contributed by atoms with Crippen molar-refractivity contribution >= 4 is 21.6 Å². The van der Waals surface area contributed by atoms with E-state index >= 15 is 0 Å². The van der Waals surface area contributed by atoms with Crippen LogP contribution in [0.5, 0.6) is 0 Å². The van der Waals surface area contributed by atoms with Crippen molar-refractivity contribution in [2.45, 2.75) is 6.92 Å². The highest BCUT2D eigenvalue weighted by Crippen LogP contribution is 2.16. The van der Waals surface area contributed by atoms with Gasteiger partial charge in [-0.25, -0.2) is 0 Å². The third-order valence-corrected chi connectivity index (χ3v) is 3.02. The van der Waals surface area contributed by atoms with Crippen LogP contribution in [-0.2, 0) is 7.05 Å². The van der Waals surface area contributed by atoms with Gasteiger partial charge in [-0.15, -0.1) is 11.3 Å². The number of hydrogen-bond acceptors (Lipinski definition) is 2. The van der Waals surface area contributed by atoms with E-state index in [1.807, 2.05) is 30.0 Å². The zero-order chi connectivity index (χ0) is 8.72. The summed E-state index contributed by atoms with van der Waals surface area (Å²) in [5.74, 6) is 0. The number of pyridine rings is 1. The lowest BCUT2D eigenvalue weighted by Crippen LogP contribution is -2.06. The number of rotatable bonds is 0. The Morgan fingerprint density at radius 1 is 1.50 bits per heavy atom. The molecule has 0 atom stereocenters. The molecule has 0 aromatic carbocycles. The van der Waals surface area contributed by atoms with Crippen molar-refractivity contribution in [3.05, 3.63) is 33.4 Å². The number of fused-ring (bicyclic) bond motifs is 1. The quantitative estimate of drug-likeness (QED) is 0.605. The Morgan fingerprint density at radius 3 is 3.00 bits per heavy atom. The number of aromatic nitrogens is 1. The minimum Gasteiger partial charge on any atom is -0.347 e. The summed E-state index contributed by atoms with van der Waals surface area (Å²) < 4.78 is 2.89. The van der Waals surface area contributed by atoms with Gasteiger partial charge in [-0.2, -0.15) is 0 Å². The van der Waals surface area contributed by atoms with E-state index in [0.717, 1.165) is 15.9 Å². The molecule has 0 fully saturated rings. The van der Waals surface area contributed by atoms with Gasteiger partial charge in [-0.3, -0.25) is 4.79 Å². The molecular weight excluding hydrogens is 170 g/mol. The molecule has 0 aliphatic carbocycles. The maximum absolute atomic E-state index is 11.4. The van der Waals surface area contributed by atoms with Gasteiger partial charge < -0.3 is 4.57 Å². The van der Waals surface area contributed by atoms with Gasteiger partial charge in [-0.05, 0) is 18.4 Å². The third-order valence-electron chi connectivity index (χ3n) is 2.10. The molecule has 2 aromatic rings. The molecule has 0 saturated heterocycles. The molecule has 0 aliphatic heterocycles. The third kappa shape index (κ3) is 0.898. The van der Waals surface area contributed by atoms with Crippen molar-refractivity contribution in [1.82, 2.24) is 4.57 Å². The molecule has 0 saturated carbocycles. The van der Waals surface area contributed by atoms with Crippen LogP contribution in [0.2, 0.25) is 0 Å². The summed E-state index contributed by atoms with van der Waals surface area (Å²) in [5.41, 5.74) is 2.17. The minimum absolute atomic E-state index is 0.135. The molecule has 2 rings (SSSR count).